The Morgan fingerprint density at radius 1 is 1.31 bits per heavy atom. The molecule has 84 valence electrons. The Morgan fingerprint density at radius 2 is 1.81 bits per heavy atom. The van der Waals surface area contributed by atoms with Gasteiger partial charge in [-0.2, -0.15) is 5.26 Å². The van der Waals surface area contributed by atoms with Crippen LogP contribution in [0.1, 0.15) is 30.5 Å². The molecule has 3 nitrogen and oxygen atoms in total. The third-order valence-corrected chi connectivity index (χ3v) is 2.43. The van der Waals surface area contributed by atoms with Crippen LogP contribution in [0.3, 0.4) is 0 Å². The van der Waals surface area contributed by atoms with Crippen LogP contribution in [0.15, 0.2) is 12.1 Å². The summed E-state index contributed by atoms with van der Waals surface area (Å²) in [6.07, 6.45) is 1.56. The zero-order valence-electron chi connectivity index (χ0n) is 9.83. The maximum atomic E-state index is 11.0. The van der Waals surface area contributed by atoms with Gasteiger partial charge in [-0.15, -0.1) is 0 Å². The van der Waals surface area contributed by atoms with E-state index in [1.165, 1.54) is 6.07 Å². The average molecular weight is 217 g/mol. The van der Waals surface area contributed by atoms with Crippen molar-refractivity contribution in [1.29, 1.82) is 5.26 Å². The summed E-state index contributed by atoms with van der Waals surface area (Å²) in [6, 6.07) is 5.44. The van der Waals surface area contributed by atoms with E-state index in [-0.39, 0.29) is 0 Å². The molecule has 0 aromatic heterocycles. The maximum Gasteiger partial charge on any atom is 0.416 e. The van der Waals surface area contributed by atoms with E-state index in [0.717, 1.165) is 29.5 Å². The summed E-state index contributed by atoms with van der Waals surface area (Å²) >= 11 is 0. The topological polar surface area (TPSA) is 50.1 Å². The SMILES string of the molecule is CCc1cc(C)cc(CC)c1OC(=O)C#N. The molecule has 0 radical (unpaired) electrons. The van der Waals surface area contributed by atoms with Crippen molar-refractivity contribution in [3.8, 4) is 11.8 Å². The quantitative estimate of drug-likeness (QED) is 0.444. The van der Waals surface area contributed by atoms with E-state index in [4.69, 9.17) is 10.00 Å². The predicted molar refractivity (Wildman–Crippen MR) is 61.2 cm³/mol. The molecule has 0 spiro atoms. The van der Waals surface area contributed by atoms with Gasteiger partial charge in [0.05, 0.1) is 0 Å². The molecular weight excluding hydrogens is 202 g/mol. The third-order valence-electron chi connectivity index (χ3n) is 2.43. The number of nitrogens with zero attached hydrogens (tertiary/aromatic N) is 1. The Bertz CT molecular complexity index is 419. The second-order valence-corrected chi connectivity index (χ2v) is 3.62. The molecule has 0 aliphatic rings. The molecule has 0 saturated heterocycles. The monoisotopic (exact) mass is 217 g/mol. The fraction of sp³-hybridized carbons (Fsp3) is 0.385. The fourth-order valence-corrected chi connectivity index (χ4v) is 1.70. The number of esters is 1. The van der Waals surface area contributed by atoms with E-state index < -0.39 is 5.97 Å². The van der Waals surface area contributed by atoms with Gasteiger partial charge < -0.3 is 4.74 Å². The van der Waals surface area contributed by atoms with Gasteiger partial charge >= 0.3 is 5.97 Å². The molecule has 0 aliphatic heterocycles. The Labute approximate surface area is 95.7 Å². The molecule has 0 aliphatic carbocycles. The van der Waals surface area contributed by atoms with Crippen LogP contribution in [-0.2, 0) is 17.6 Å². The van der Waals surface area contributed by atoms with Crippen molar-refractivity contribution in [3.63, 3.8) is 0 Å². The Kier molecular flexibility index (Phi) is 4.07. The van der Waals surface area contributed by atoms with Gasteiger partial charge in [-0.25, -0.2) is 4.79 Å². The smallest absolute Gasteiger partial charge is 0.415 e. The van der Waals surface area contributed by atoms with Crippen molar-refractivity contribution in [2.45, 2.75) is 33.6 Å². The summed E-state index contributed by atoms with van der Waals surface area (Å²) in [5.41, 5.74) is 3.09. The highest BCUT2D eigenvalue weighted by molar-refractivity contribution is 5.88. The molecule has 1 rings (SSSR count). The number of nitriles is 1. The normalized spacial score (nSPS) is 9.62. The van der Waals surface area contributed by atoms with E-state index in [1.54, 1.807) is 0 Å². The van der Waals surface area contributed by atoms with Crippen LogP contribution < -0.4 is 4.74 Å². The molecule has 0 bridgehead atoms. The minimum atomic E-state index is -0.853. The molecule has 0 heterocycles. The van der Waals surface area contributed by atoms with E-state index in [0.29, 0.717) is 5.75 Å². The summed E-state index contributed by atoms with van der Waals surface area (Å²) in [4.78, 5) is 11.0. The number of hydrogen-bond donors (Lipinski definition) is 0. The molecule has 1 aromatic rings. The summed E-state index contributed by atoms with van der Waals surface area (Å²) in [5.74, 6) is -0.296. The zero-order chi connectivity index (χ0) is 12.1. The van der Waals surface area contributed by atoms with Crippen molar-refractivity contribution in [2.24, 2.45) is 0 Å². The van der Waals surface area contributed by atoms with Crippen LogP contribution in [0.25, 0.3) is 0 Å². The van der Waals surface area contributed by atoms with Gasteiger partial charge in [0.15, 0.2) is 6.07 Å². The molecule has 0 amide bonds. The van der Waals surface area contributed by atoms with Gasteiger partial charge in [0.1, 0.15) is 5.75 Å². The first-order valence-electron chi connectivity index (χ1n) is 5.36. The summed E-state index contributed by atoms with van der Waals surface area (Å²) < 4.78 is 5.06. The molecular formula is C13H15NO2. The lowest BCUT2D eigenvalue weighted by Gasteiger charge is -2.12. The first-order valence-corrected chi connectivity index (χ1v) is 5.36. The molecule has 0 fully saturated rings. The summed E-state index contributed by atoms with van der Waals surface area (Å²) in [6.45, 7) is 6.00. The third kappa shape index (κ3) is 2.60. The van der Waals surface area contributed by atoms with Crippen LogP contribution >= 0.6 is 0 Å². The van der Waals surface area contributed by atoms with Gasteiger partial charge in [-0.3, -0.25) is 0 Å². The Morgan fingerprint density at radius 3 is 2.19 bits per heavy atom. The number of carbonyl (C=O) groups is 1. The van der Waals surface area contributed by atoms with Gasteiger partial charge in [0, 0.05) is 0 Å². The number of ether oxygens (including phenoxy) is 1. The lowest BCUT2D eigenvalue weighted by Crippen LogP contribution is -2.08. The predicted octanol–water partition coefficient (Wildman–Crippen LogP) is 2.55. The molecule has 0 atom stereocenters. The first kappa shape index (κ1) is 12.3. The van der Waals surface area contributed by atoms with Crippen LogP contribution in [0, 0.1) is 18.3 Å². The van der Waals surface area contributed by atoms with Crippen molar-refractivity contribution in [2.75, 3.05) is 0 Å². The van der Waals surface area contributed by atoms with Crippen LogP contribution in [-0.4, -0.2) is 5.97 Å². The van der Waals surface area contributed by atoms with Crippen molar-refractivity contribution >= 4 is 5.97 Å². The van der Waals surface area contributed by atoms with E-state index in [2.05, 4.69) is 0 Å². The number of benzene rings is 1. The van der Waals surface area contributed by atoms with Crippen LogP contribution in [0.4, 0.5) is 0 Å². The lowest BCUT2D eigenvalue weighted by atomic mass is 10.0. The molecule has 0 N–H and O–H groups in total. The van der Waals surface area contributed by atoms with Gasteiger partial charge in [0.25, 0.3) is 0 Å². The largest absolute Gasteiger partial charge is 0.416 e. The Balaban J connectivity index is 3.23. The first-order chi connectivity index (χ1) is 7.62. The lowest BCUT2D eigenvalue weighted by molar-refractivity contribution is -0.128. The standard InChI is InChI=1S/C13H15NO2/c1-4-10-6-9(3)7-11(5-2)13(10)16-12(15)8-14/h6-7H,4-5H2,1-3H3. The highest BCUT2D eigenvalue weighted by atomic mass is 16.5. The summed E-state index contributed by atoms with van der Waals surface area (Å²) in [5, 5.41) is 8.45. The second kappa shape index (κ2) is 5.32. The molecule has 0 saturated carbocycles. The highest BCUT2D eigenvalue weighted by Crippen LogP contribution is 2.27. The summed E-state index contributed by atoms with van der Waals surface area (Å²) in [7, 11) is 0. The molecule has 3 heteroatoms. The van der Waals surface area contributed by atoms with E-state index in [9.17, 15) is 4.79 Å². The van der Waals surface area contributed by atoms with Crippen LogP contribution in [0.5, 0.6) is 5.75 Å². The number of carbonyl (C=O) groups excluding carboxylic acids is 1. The van der Waals surface area contributed by atoms with Crippen molar-refractivity contribution < 1.29 is 9.53 Å². The van der Waals surface area contributed by atoms with Gasteiger partial charge in [0.2, 0.25) is 0 Å². The van der Waals surface area contributed by atoms with Crippen molar-refractivity contribution in [1.82, 2.24) is 0 Å². The van der Waals surface area contributed by atoms with E-state index in [1.807, 2.05) is 32.9 Å². The minimum absolute atomic E-state index is 0.558. The molecule has 1 aromatic carbocycles. The van der Waals surface area contributed by atoms with Gasteiger partial charge in [-0.05, 0) is 30.9 Å². The highest BCUT2D eigenvalue weighted by Gasteiger charge is 2.12. The molecule has 16 heavy (non-hydrogen) atoms. The van der Waals surface area contributed by atoms with Crippen molar-refractivity contribution in [3.05, 3.63) is 28.8 Å². The maximum absolute atomic E-state index is 11.0. The Hall–Kier alpha value is -1.82. The average Bonchev–Trinajstić information content (AvgIpc) is 2.30. The number of aryl methyl sites for hydroxylation is 3. The second-order valence-electron chi connectivity index (χ2n) is 3.62. The van der Waals surface area contributed by atoms with Gasteiger partial charge in [-0.1, -0.05) is 31.5 Å². The molecule has 0 unspecified atom stereocenters. The minimum Gasteiger partial charge on any atom is -0.415 e. The zero-order valence-corrected chi connectivity index (χ0v) is 9.83. The number of rotatable bonds is 3. The van der Waals surface area contributed by atoms with Crippen LogP contribution in [0.2, 0.25) is 0 Å². The number of hydrogen-bond acceptors (Lipinski definition) is 3. The fourth-order valence-electron chi connectivity index (χ4n) is 1.70. The van der Waals surface area contributed by atoms with E-state index >= 15 is 0 Å².